The lowest BCUT2D eigenvalue weighted by atomic mass is 10.2. The number of halogens is 1. The van der Waals surface area contributed by atoms with Crippen molar-refractivity contribution in [2.24, 2.45) is 0 Å². The first-order chi connectivity index (χ1) is 5.74. The summed E-state index contributed by atoms with van der Waals surface area (Å²) in [7, 11) is 0. The van der Waals surface area contributed by atoms with E-state index in [9.17, 15) is 0 Å². The Morgan fingerprint density at radius 2 is 2.25 bits per heavy atom. The minimum atomic E-state index is 0.347. The van der Waals surface area contributed by atoms with Crippen molar-refractivity contribution in [3.63, 3.8) is 0 Å². The lowest BCUT2D eigenvalue weighted by molar-refractivity contribution is 1.32. The van der Waals surface area contributed by atoms with Gasteiger partial charge in [0, 0.05) is 11.8 Å². The van der Waals surface area contributed by atoms with Crippen LogP contribution in [0.5, 0.6) is 0 Å². The van der Waals surface area contributed by atoms with Crippen molar-refractivity contribution < 1.29 is 0 Å². The van der Waals surface area contributed by atoms with E-state index in [2.05, 4.69) is 32.8 Å². The number of alkyl halides is 1. The number of hydrogen-bond donors (Lipinski definition) is 2. The fraction of sp³-hybridized carbons (Fsp3) is 0.125. The highest BCUT2D eigenvalue weighted by molar-refractivity contribution is 9.09. The number of anilines is 2. The quantitative estimate of drug-likeness (QED) is 0.512. The van der Waals surface area contributed by atoms with E-state index in [0.29, 0.717) is 16.8 Å². The molecule has 1 rings (SSSR count). The first kappa shape index (κ1) is 8.88. The first-order valence-electron chi connectivity index (χ1n) is 3.30. The van der Waals surface area contributed by atoms with E-state index in [1.165, 1.54) is 0 Å². The van der Waals surface area contributed by atoms with Crippen molar-refractivity contribution in [1.82, 2.24) is 4.98 Å². The van der Waals surface area contributed by atoms with Gasteiger partial charge in [-0.25, -0.2) is 4.98 Å². The highest BCUT2D eigenvalue weighted by Crippen LogP contribution is 2.11. The monoisotopic (exact) mass is 225 g/mol. The third-order valence-electron chi connectivity index (χ3n) is 1.25. The van der Waals surface area contributed by atoms with Gasteiger partial charge in [-0.15, -0.1) is 0 Å². The van der Waals surface area contributed by atoms with Gasteiger partial charge >= 0.3 is 0 Å². The van der Waals surface area contributed by atoms with Gasteiger partial charge < -0.3 is 11.5 Å². The first-order valence-corrected chi connectivity index (χ1v) is 4.42. The molecular formula is C8H8BrN3. The summed E-state index contributed by atoms with van der Waals surface area (Å²) in [6, 6.07) is 1.71. The van der Waals surface area contributed by atoms with Crippen molar-refractivity contribution in [3.8, 4) is 11.8 Å². The maximum absolute atomic E-state index is 5.53. The standard InChI is InChI=1S/C8H8BrN3/c9-3-1-2-6-4-7(10)8(11)12-5-6/h4-5H,3,10H2,(H2,11,12). The molecule has 12 heavy (non-hydrogen) atoms. The van der Waals surface area contributed by atoms with E-state index in [1.807, 2.05) is 0 Å². The van der Waals surface area contributed by atoms with Gasteiger partial charge in [-0.3, -0.25) is 0 Å². The molecule has 1 aromatic heterocycles. The van der Waals surface area contributed by atoms with Crippen LogP contribution in [0.3, 0.4) is 0 Å². The molecule has 0 radical (unpaired) electrons. The second kappa shape index (κ2) is 3.98. The van der Waals surface area contributed by atoms with Crippen molar-refractivity contribution in [2.45, 2.75) is 0 Å². The lowest BCUT2D eigenvalue weighted by Crippen LogP contribution is -1.97. The Bertz CT molecular complexity index is 338. The number of hydrogen-bond acceptors (Lipinski definition) is 3. The smallest absolute Gasteiger partial charge is 0.146 e. The van der Waals surface area contributed by atoms with E-state index in [4.69, 9.17) is 11.5 Å². The summed E-state index contributed by atoms with van der Waals surface area (Å²) in [6.45, 7) is 0. The predicted octanol–water partition coefficient (Wildman–Crippen LogP) is 0.992. The van der Waals surface area contributed by atoms with Crippen molar-refractivity contribution >= 4 is 27.4 Å². The number of nitrogen functional groups attached to an aromatic ring is 2. The van der Waals surface area contributed by atoms with Crippen LogP contribution in [-0.2, 0) is 0 Å². The molecule has 0 saturated carbocycles. The maximum Gasteiger partial charge on any atom is 0.146 e. The number of aromatic nitrogens is 1. The van der Waals surface area contributed by atoms with Gasteiger partial charge in [0.05, 0.1) is 11.0 Å². The zero-order valence-corrected chi connectivity index (χ0v) is 7.93. The topological polar surface area (TPSA) is 64.9 Å². The van der Waals surface area contributed by atoms with Crippen molar-refractivity contribution in [1.29, 1.82) is 0 Å². The fourth-order valence-electron chi connectivity index (χ4n) is 0.696. The summed E-state index contributed by atoms with van der Waals surface area (Å²) in [5.41, 5.74) is 12.2. The van der Waals surface area contributed by atoms with Gasteiger partial charge in [0.1, 0.15) is 5.82 Å². The molecule has 0 aliphatic carbocycles. The minimum Gasteiger partial charge on any atom is -0.396 e. The summed E-state index contributed by atoms with van der Waals surface area (Å²) in [4.78, 5) is 3.87. The Morgan fingerprint density at radius 3 is 2.83 bits per heavy atom. The molecule has 0 atom stereocenters. The van der Waals surface area contributed by atoms with Gasteiger partial charge in [-0.2, -0.15) is 0 Å². The number of nitrogens with zero attached hydrogens (tertiary/aromatic N) is 1. The SMILES string of the molecule is Nc1cc(C#CCBr)cnc1N. The summed E-state index contributed by atoms with van der Waals surface area (Å²) in [5.74, 6) is 6.06. The van der Waals surface area contributed by atoms with Crippen LogP contribution in [-0.4, -0.2) is 10.3 Å². The Hall–Kier alpha value is -1.21. The second-order valence-electron chi connectivity index (χ2n) is 2.13. The van der Waals surface area contributed by atoms with Gasteiger partial charge in [0.2, 0.25) is 0 Å². The average molecular weight is 226 g/mol. The fourth-order valence-corrected chi connectivity index (χ4v) is 0.836. The van der Waals surface area contributed by atoms with Crippen LogP contribution >= 0.6 is 15.9 Å². The van der Waals surface area contributed by atoms with Crippen LogP contribution in [0.4, 0.5) is 11.5 Å². The van der Waals surface area contributed by atoms with Crippen molar-refractivity contribution in [3.05, 3.63) is 17.8 Å². The molecule has 0 fully saturated rings. The Kier molecular flexibility index (Phi) is 2.94. The molecular weight excluding hydrogens is 218 g/mol. The molecule has 62 valence electrons. The van der Waals surface area contributed by atoms with Crippen LogP contribution in [0.25, 0.3) is 0 Å². The largest absolute Gasteiger partial charge is 0.396 e. The Morgan fingerprint density at radius 1 is 1.50 bits per heavy atom. The zero-order valence-electron chi connectivity index (χ0n) is 6.34. The Balaban J connectivity index is 2.97. The lowest BCUT2D eigenvalue weighted by Gasteiger charge is -1.97. The van der Waals surface area contributed by atoms with Crippen molar-refractivity contribution in [2.75, 3.05) is 16.8 Å². The average Bonchev–Trinajstić information content (AvgIpc) is 2.07. The van der Waals surface area contributed by atoms with E-state index >= 15 is 0 Å². The summed E-state index contributed by atoms with van der Waals surface area (Å²) >= 11 is 3.19. The Labute approximate surface area is 79.3 Å². The molecule has 3 nitrogen and oxygen atoms in total. The molecule has 0 aliphatic rings. The molecule has 0 saturated heterocycles. The van der Waals surface area contributed by atoms with E-state index in [0.717, 1.165) is 5.56 Å². The third-order valence-corrected chi connectivity index (χ3v) is 1.53. The normalized spacial score (nSPS) is 8.75. The highest BCUT2D eigenvalue weighted by Gasteiger charge is 1.94. The van der Waals surface area contributed by atoms with Crippen LogP contribution in [0, 0.1) is 11.8 Å². The third kappa shape index (κ3) is 2.14. The van der Waals surface area contributed by atoms with E-state index in [1.54, 1.807) is 12.3 Å². The second-order valence-corrected chi connectivity index (χ2v) is 2.69. The molecule has 0 unspecified atom stereocenters. The molecule has 0 amide bonds. The maximum atomic E-state index is 5.53. The predicted molar refractivity (Wildman–Crippen MR) is 53.7 cm³/mol. The molecule has 0 aromatic carbocycles. The van der Waals surface area contributed by atoms with Gasteiger partial charge in [0.25, 0.3) is 0 Å². The van der Waals surface area contributed by atoms with Crippen LogP contribution in [0.1, 0.15) is 5.56 Å². The summed E-state index contributed by atoms with van der Waals surface area (Å²) < 4.78 is 0. The molecule has 1 heterocycles. The molecule has 0 aliphatic heterocycles. The summed E-state index contributed by atoms with van der Waals surface area (Å²) in [5, 5.41) is 0.636. The number of rotatable bonds is 0. The molecule has 1 aromatic rings. The van der Waals surface area contributed by atoms with Gasteiger partial charge in [-0.1, -0.05) is 27.8 Å². The zero-order chi connectivity index (χ0) is 8.97. The highest BCUT2D eigenvalue weighted by atomic mass is 79.9. The van der Waals surface area contributed by atoms with E-state index in [-0.39, 0.29) is 0 Å². The van der Waals surface area contributed by atoms with Crippen LogP contribution in [0.2, 0.25) is 0 Å². The minimum absolute atomic E-state index is 0.347. The van der Waals surface area contributed by atoms with Gasteiger partial charge in [-0.05, 0) is 6.07 Å². The van der Waals surface area contributed by atoms with Gasteiger partial charge in [0.15, 0.2) is 0 Å². The van der Waals surface area contributed by atoms with Crippen LogP contribution in [0.15, 0.2) is 12.3 Å². The number of nitrogens with two attached hydrogens (primary N) is 2. The molecule has 4 N–H and O–H groups in total. The number of pyridine rings is 1. The molecule has 0 spiro atoms. The van der Waals surface area contributed by atoms with Crippen LogP contribution < -0.4 is 11.5 Å². The summed E-state index contributed by atoms with van der Waals surface area (Å²) in [6.07, 6.45) is 1.60. The molecule has 4 heteroatoms. The molecule has 0 bridgehead atoms. The van der Waals surface area contributed by atoms with E-state index < -0.39 is 0 Å².